The van der Waals surface area contributed by atoms with Gasteiger partial charge < -0.3 is 10.2 Å². The van der Waals surface area contributed by atoms with E-state index in [1.54, 1.807) is 4.68 Å². The predicted octanol–water partition coefficient (Wildman–Crippen LogP) is 2.17. The van der Waals surface area contributed by atoms with Crippen molar-refractivity contribution in [2.45, 2.75) is 20.3 Å². The monoisotopic (exact) mass is 300 g/mol. The summed E-state index contributed by atoms with van der Waals surface area (Å²) in [5, 5.41) is 14.0. The van der Waals surface area contributed by atoms with Crippen LogP contribution in [0, 0.1) is 11.8 Å². The number of carbonyl (C=O) groups excluding carboxylic acids is 1. The third-order valence-electron chi connectivity index (χ3n) is 3.89. The van der Waals surface area contributed by atoms with E-state index in [9.17, 15) is 4.79 Å². The first kappa shape index (κ1) is 14.5. The first-order valence-corrected chi connectivity index (χ1v) is 7.51. The summed E-state index contributed by atoms with van der Waals surface area (Å²) in [4.78, 5) is 14.2. The Hall–Kier alpha value is -2.44. The Morgan fingerprint density at radius 3 is 2.45 bits per heavy atom. The maximum absolute atomic E-state index is 12.3. The molecule has 1 aromatic heterocycles. The zero-order chi connectivity index (χ0) is 15.5. The number of benzene rings is 1. The maximum atomic E-state index is 12.3. The summed E-state index contributed by atoms with van der Waals surface area (Å²) in [5.74, 6) is 1.10. The first-order chi connectivity index (χ1) is 10.6. The van der Waals surface area contributed by atoms with E-state index in [1.807, 2.05) is 29.2 Å². The Morgan fingerprint density at radius 1 is 1.18 bits per heavy atom. The van der Waals surface area contributed by atoms with Gasteiger partial charge in [0.2, 0.25) is 0 Å². The molecule has 1 aromatic carbocycles. The molecule has 1 N–H and O–H groups in total. The lowest BCUT2D eigenvalue weighted by Crippen LogP contribution is -2.44. The minimum Gasteiger partial charge on any atom is -0.324 e. The highest BCUT2D eigenvalue weighted by atomic mass is 16.2. The number of carbonyl (C=O) groups is 1. The second-order valence-corrected chi connectivity index (χ2v) is 6.08. The molecule has 116 valence electrons. The van der Waals surface area contributed by atoms with E-state index in [1.165, 1.54) is 12.7 Å². The number of hydrogen-bond donors (Lipinski definition) is 1. The number of nitrogens with one attached hydrogen (secondary N) is 1. The van der Waals surface area contributed by atoms with Gasteiger partial charge in [-0.1, -0.05) is 13.8 Å². The van der Waals surface area contributed by atoms with Crippen molar-refractivity contribution in [3.8, 4) is 5.69 Å². The Bertz CT molecular complexity index is 614. The van der Waals surface area contributed by atoms with Gasteiger partial charge in [-0.25, -0.2) is 9.48 Å². The smallest absolute Gasteiger partial charge is 0.321 e. The van der Waals surface area contributed by atoms with E-state index in [4.69, 9.17) is 0 Å². The molecule has 22 heavy (non-hydrogen) atoms. The van der Waals surface area contributed by atoms with Crippen molar-refractivity contribution in [2.75, 3.05) is 18.4 Å². The van der Waals surface area contributed by atoms with Gasteiger partial charge in [0, 0.05) is 18.8 Å². The summed E-state index contributed by atoms with van der Waals surface area (Å²) in [6, 6.07) is 7.41. The van der Waals surface area contributed by atoms with Crippen molar-refractivity contribution in [3.63, 3.8) is 0 Å². The van der Waals surface area contributed by atoms with Crippen LogP contribution >= 0.6 is 0 Å². The normalized spacial score (nSPS) is 21.6. The van der Waals surface area contributed by atoms with Crippen molar-refractivity contribution >= 4 is 11.7 Å². The molecule has 0 aliphatic carbocycles. The van der Waals surface area contributed by atoms with Gasteiger partial charge in [-0.2, -0.15) is 0 Å². The van der Waals surface area contributed by atoms with E-state index < -0.39 is 0 Å². The zero-order valence-corrected chi connectivity index (χ0v) is 12.8. The average molecular weight is 300 g/mol. The van der Waals surface area contributed by atoms with Gasteiger partial charge in [-0.15, -0.1) is 5.10 Å². The van der Waals surface area contributed by atoms with E-state index in [2.05, 4.69) is 34.7 Å². The van der Waals surface area contributed by atoms with Gasteiger partial charge >= 0.3 is 6.03 Å². The number of likely N-dealkylation sites (tertiary alicyclic amines) is 1. The lowest BCUT2D eigenvalue weighted by Gasteiger charge is -2.34. The standard InChI is InChI=1S/C15H20N6O/c1-11-7-12(2)9-20(8-11)15(22)17-13-3-5-14(6-4-13)21-10-16-18-19-21/h3-6,10-12H,7-9H2,1-2H3,(H,17,22)/t11-,12-/m0/s1. The van der Waals surface area contributed by atoms with Gasteiger partial charge in [0.1, 0.15) is 6.33 Å². The Labute approximate surface area is 129 Å². The molecule has 0 spiro atoms. The van der Waals surface area contributed by atoms with Crippen LogP contribution in [-0.4, -0.2) is 44.2 Å². The zero-order valence-electron chi connectivity index (χ0n) is 12.8. The second kappa shape index (κ2) is 6.13. The number of hydrogen-bond acceptors (Lipinski definition) is 4. The summed E-state index contributed by atoms with van der Waals surface area (Å²) in [5.41, 5.74) is 1.62. The number of urea groups is 1. The molecule has 0 radical (unpaired) electrons. The molecule has 2 aromatic rings. The van der Waals surface area contributed by atoms with Crippen molar-refractivity contribution in [1.82, 2.24) is 25.1 Å². The summed E-state index contributed by atoms with van der Waals surface area (Å²) < 4.78 is 1.57. The number of amides is 2. The van der Waals surface area contributed by atoms with Crippen molar-refractivity contribution in [3.05, 3.63) is 30.6 Å². The van der Waals surface area contributed by atoms with Gasteiger partial charge in [-0.3, -0.25) is 0 Å². The maximum Gasteiger partial charge on any atom is 0.321 e. The van der Waals surface area contributed by atoms with Crippen LogP contribution in [0.3, 0.4) is 0 Å². The molecule has 2 heterocycles. The quantitative estimate of drug-likeness (QED) is 0.922. The molecule has 7 heteroatoms. The topological polar surface area (TPSA) is 75.9 Å². The molecule has 7 nitrogen and oxygen atoms in total. The molecule has 1 aliphatic rings. The average Bonchev–Trinajstić information content (AvgIpc) is 3.01. The Kier molecular flexibility index (Phi) is 4.04. The van der Waals surface area contributed by atoms with E-state index in [0.29, 0.717) is 11.8 Å². The Balaban J connectivity index is 1.64. The van der Waals surface area contributed by atoms with Crippen LogP contribution < -0.4 is 5.32 Å². The van der Waals surface area contributed by atoms with Gasteiger partial charge in [0.15, 0.2) is 0 Å². The fourth-order valence-electron chi connectivity index (χ4n) is 3.01. The van der Waals surface area contributed by atoms with Gasteiger partial charge in [-0.05, 0) is 52.9 Å². The van der Waals surface area contributed by atoms with Crippen LogP contribution in [0.1, 0.15) is 20.3 Å². The number of nitrogens with zero attached hydrogens (tertiary/aromatic N) is 5. The van der Waals surface area contributed by atoms with Crippen LogP contribution in [0.4, 0.5) is 10.5 Å². The molecule has 2 amide bonds. The molecule has 0 saturated carbocycles. The lowest BCUT2D eigenvalue weighted by atomic mass is 9.92. The lowest BCUT2D eigenvalue weighted by molar-refractivity contribution is 0.156. The van der Waals surface area contributed by atoms with Crippen LogP contribution in [0.15, 0.2) is 30.6 Å². The molecule has 2 atom stereocenters. The highest BCUT2D eigenvalue weighted by Crippen LogP contribution is 2.22. The summed E-state index contributed by atoms with van der Waals surface area (Å²) in [6.07, 6.45) is 2.72. The summed E-state index contributed by atoms with van der Waals surface area (Å²) in [6.45, 7) is 6.02. The van der Waals surface area contributed by atoms with Gasteiger partial charge in [0.25, 0.3) is 0 Å². The largest absolute Gasteiger partial charge is 0.324 e. The minimum absolute atomic E-state index is 0.0337. The molecule has 1 aliphatic heterocycles. The SMILES string of the molecule is C[C@H]1C[C@H](C)CN(C(=O)Nc2ccc(-n3cnnn3)cc2)C1. The minimum atomic E-state index is -0.0337. The van der Waals surface area contributed by atoms with E-state index >= 15 is 0 Å². The van der Waals surface area contributed by atoms with Crippen LogP contribution in [0.5, 0.6) is 0 Å². The molecule has 1 saturated heterocycles. The van der Waals surface area contributed by atoms with Crippen molar-refractivity contribution < 1.29 is 4.79 Å². The number of tetrazole rings is 1. The van der Waals surface area contributed by atoms with Gasteiger partial charge in [0.05, 0.1) is 5.69 Å². The molecule has 0 bridgehead atoms. The fourth-order valence-corrected chi connectivity index (χ4v) is 3.01. The third-order valence-corrected chi connectivity index (χ3v) is 3.89. The highest BCUT2D eigenvalue weighted by Gasteiger charge is 2.25. The predicted molar refractivity (Wildman–Crippen MR) is 82.7 cm³/mol. The number of anilines is 1. The molecular formula is C15H20N6O. The third kappa shape index (κ3) is 3.24. The molecule has 1 fully saturated rings. The second-order valence-electron chi connectivity index (χ2n) is 6.08. The summed E-state index contributed by atoms with van der Waals surface area (Å²) in [7, 11) is 0. The van der Waals surface area contributed by atoms with E-state index in [-0.39, 0.29) is 6.03 Å². The number of piperidine rings is 1. The van der Waals surface area contributed by atoms with Crippen LogP contribution in [0.25, 0.3) is 5.69 Å². The molecule has 0 unspecified atom stereocenters. The molecule has 3 rings (SSSR count). The molecular weight excluding hydrogens is 280 g/mol. The van der Waals surface area contributed by atoms with E-state index in [0.717, 1.165) is 24.5 Å². The fraction of sp³-hybridized carbons (Fsp3) is 0.467. The highest BCUT2D eigenvalue weighted by molar-refractivity contribution is 5.89. The van der Waals surface area contributed by atoms with Crippen LogP contribution in [-0.2, 0) is 0 Å². The van der Waals surface area contributed by atoms with Crippen molar-refractivity contribution in [2.24, 2.45) is 11.8 Å². The number of rotatable bonds is 2. The summed E-state index contributed by atoms with van der Waals surface area (Å²) >= 11 is 0. The van der Waals surface area contributed by atoms with Crippen LogP contribution in [0.2, 0.25) is 0 Å². The first-order valence-electron chi connectivity index (χ1n) is 7.51. The Morgan fingerprint density at radius 2 is 1.86 bits per heavy atom. The number of aromatic nitrogens is 4. The van der Waals surface area contributed by atoms with Crippen molar-refractivity contribution in [1.29, 1.82) is 0 Å².